The lowest BCUT2D eigenvalue weighted by Gasteiger charge is -2.36. The van der Waals surface area contributed by atoms with E-state index in [4.69, 9.17) is 9.47 Å². The van der Waals surface area contributed by atoms with Crippen LogP contribution in [0.1, 0.15) is 50.8 Å². The maximum absolute atomic E-state index is 12.3. The van der Waals surface area contributed by atoms with Crippen molar-refractivity contribution in [3.8, 4) is 11.1 Å². The molecule has 0 atom stereocenters. The molecule has 3 aromatic rings. The maximum Gasteiger partial charge on any atom is 0.408 e. The Kier molecular flexibility index (Phi) is 11.2. The first-order valence-corrected chi connectivity index (χ1v) is 15.2. The third kappa shape index (κ3) is 10.1. The van der Waals surface area contributed by atoms with E-state index in [1.807, 2.05) is 49.6 Å². The van der Waals surface area contributed by atoms with Crippen LogP contribution in [0.2, 0.25) is 0 Å². The average Bonchev–Trinajstić information content (AvgIpc) is 3.01. The number of ether oxygens (including phenoxy) is 2. The lowest BCUT2D eigenvalue weighted by Crippen LogP contribution is -2.47. The number of Topliss-reactive ketones (excluding diaryl/α,β-unsaturated/α-hetero) is 1. The van der Waals surface area contributed by atoms with Crippen molar-refractivity contribution in [2.75, 3.05) is 49.1 Å². The van der Waals surface area contributed by atoms with E-state index in [1.165, 1.54) is 6.08 Å². The molecule has 238 valence electrons. The minimum Gasteiger partial charge on any atom is -0.463 e. The van der Waals surface area contributed by atoms with Crippen LogP contribution in [0.15, 0.2) is 55.0 Å². The number of esters is 1. The number of rotatable bonds is 11. The predicted molar refractivity (Wildman–Crippen MR) is 174 cm³/mol. The van der Waals surface area contributed by atoms with Crippen LogP contribution in [0.4, 0.5) is 16.6 Å². The van der Waals surface area contributed by atoms with Gasteiger partial charge >= 0.3 is 12.1 Å². The van der Waals surface area contributed by atoms with Crippen LogP contribution in [-0.2, 0) is 25.5 Å². The van der Waals surface area contributed by atoms with Gasteiger partial charge in [-0.2, -0.15) is 0 Å². The second kappa shape index (κ2) is 15.3. The Morgan fingerprint density at radius 1 is 0.956 bits per heavy atom. The summed E-state index contributed by atoms with van der Waals surface area (Å²) >= 11 is 0. The Morgan fingerprint density at radius 3 is 2.33 bits per heavy atom. The van der Waals surface area contributed by atoms with E-state index in [9.17, 15) is 14.4 Å². The molecule has 0 bridgehead atoms. The molecule has 45 heavy (non-hydrogen) atoms. The number of nitrogens with zero attached hydrogens (tertiary/aromatic N) is 5. The highest BCUT2D eigenvalue weighted by Crippen LogP contribution is 2.24. The minimum atomic E-state index is -0.608. The molecule has 1 aromatic carbocycles. The van der Waals surface area contributed by atoms with Gasteiger partial charge in [-0.05, 0) is 75.4 Å². The summed E-state index contributed by atoms with van der Waals surface area (Å²) in [4.78, 5) is 54.1. The lowest BCUT2D eigenvalue weighted by atomic mass is 10.0. The zero-order chi connectivity index (χ0) is 32.4. The largest absolute Gasteiger partial charge is 0.463 e. The molecule has 0 spiro atoms. The number of hydrogen-bond acceptors (Lipinski definition) is 10. The number of ketones is 1. The van der Waals surface area contributed by atoms with E-state index in [0.29, 0.717) is 25.4 Å². The van der Waals surface area contributed by atoms with Crippen molar-refractivity contribution in [3.63, 3.8) is 0 Å². The first kappa shape index (κ1) is 33.1. The molecular weight excluding hydrogens is 572 g/mol. The van der Waals surface area contributed by atoms with Gasteiger partial charge in [-0.25, -0.2) is 24.5 Å². The maximum atomic E-state index is 12.3. The molecule has 1 fully saturated rings. The topological polar surface area (TPSA) is 127 Å². The quantitative estimate of drug-likeness (QED) is 0.238. The molecule has 11 nitrogen and oxygen atoms in total. The first-order chi connectivity index (χ1) is 21.5. The van der Waals surface area contributed by atoms with E-state index < -0.39 is 11.7 Å². The Balaban J connectivity index is 1.27. The number of aromatic nitrogens is 3. The zero-order valence-corrected chi connectivity index (χ0v) is 26.7. The van der Waals surface area contributed by atoms with Crippen LogP contribution in [0.5, 0.6) is 0 Å². The van der Waals surface area contributed by atoms with E-state index in [0.717, 1.165) is 59.8 Å². The van der Waals surface area contributed by atoms with Gasteiger partial charge in [0.15, 0.2) is 5.78 Å². The standard InChI is InChI=1S/C34H42N6O5/c1-6-44-30(42)13-11-26-18-24(2)31(35-20-26)39-14-16-40(17-15-39)32-36-21-28(22-37-32)27-9-7-8-25(19-27)10-12-29(41)23-38-33(43)45-34(3,4)5/h7-9,11,13,18-22H,6,10,12,14-17,23H2,1-5H3,(H,38,43)/b13-11+. The van der Waals surface area contributed by atoms with Crippen LogP contribution in [0.25, 0.3) is 17.2 Å². The molecule has 1 aliphatic heterocycles. The number of amides is 1. The van der Waals surface area contributed by atoms with Gasteiger partial charge in [-0.1, -0.05) is 24.3 Å². The molecule has 3 heterocycles. The number of nitrogens with one attached hydrogen (secondary N) is 1. The van der Waals surface area contributed by atoms with Gasteiger partial charge in [0.2, 0.25) is 5.95 Å². The van der Waals surface area contributed by atoms with Gasteiger partial charge in [0.1, 0.15) is 11.4 Å². The normalized spacial score (nSPS) is 13.5. The van der Waals surface area contributed by atoms with Gasteiger partial charge in [-0.3, -0.25) is 4.79 Å². The molecule has 0 aliphatic carbocycles. The third-order valence-electron chi connectivity index (χ3n) is 7.05. The van der Waals surface area contributed by atoms with E-state index in [2.05, 4.69) is 30.1 Å². The van der Waals surface area contributed by atoms with E-state index in [1.54, 1.807) is 40.0 Å². The number of hydrogen-bond donors (Lipinski definition) is 1. The summed E-state index contributed by atoms with van der Waals surface area (Å²) in [5.74, 6) is 1.18. The summed E-state index contributed by atoms with van der Waals surface area (Å²) in [6.45, 7) is 12.5. The van der Waals surface area contributed by atoms with Crippen LogP contribution < -0.4 is 15.1 Å². The van der Waals surface area contributed by atoms with Crippen molar-refractivity contribution in [1.29, 1.82) is 0 Å². The van der Waals surface area contributed by atoms with Gasteiger partial charge in [0.05, 0.1) is 13.2 Å². The van der Waals surface area contributed by atoms with E-state index >= 15 is 0 Å². The summed E-state index contributed by atoms with van der Waals surface area (Å²) < 4.78 is 10.1. The van der Waals surface area contributed by atoms with Gasteiger partial charge in [0.25, 0.3) is 0 Å². The fourth-order valence-corrected chi connectivity index (χ4v) is 4.88. The van der Waals surface area contributed by atoms with Crippen molar-refractivity contribution in [1.82, 2.24) is 20.3 Å². The fourth-order valence-electron chi connectivity index (χ4n) is 4.88. The highest BCUT2D eigenvalue weighted by Gasteiger charge is 2.21. The molecular formula is C34H42N6O5. The highest BCUT2D eigenvalue weighted by atomic mass is 16.6. The number of pyridine rings is 1. The SMILES string of the molecule is CCOC(=O)/C=C/c1cnc(N2CCN(c3ncc(-c4cccc(CCC(=O)CNC(=O)OC(C)(C)C)c4)cn3)CC2)c(C)c1. The van der Waals surface area contributed by atoms with Crippen LogP contribution in [0.3, 0.4) is 0 Å². The number of benzene rings is 1. The van der Waals surface area contributed by atoms with Crippen molar-refractivity contribution >= 4 is 35.7 Å². The monoisotopic (exact) mass is 614 g/mol. The molecule has 1 aliphatic rings. The second-order valence-electron chi connectivity index (χ2n) is 11.8. The van der Waals surface area contributed by atoms with E-state index in [-0.39, 0.29) is 18.3 Å². The van der Waals surface area contributed by atoms with Crippen LogP contribution in [0, 0.1) is 6.92 Å². The average molecular weight is 615 g/mol. The Labute approximate surface area is 264 Å². The molecule has 11 heteroatoms. The molecule has 1 N–H and O–H groups in total. The molecule has 4 rings (SSSR count). The molecule has 1 amide bonds. The Hall–Kier alpha value is -4.80. The fraction of sp³-hybridized carbons (Fsp3) is 0.412. The number of aryl methyl sites for hydroxylation is 2. The smallest absolute Gasteiger partial charge is 0.408 e. The second-order valence-corrected chi connectivity index (χ2v) is 11.8. The highest BCUT2D eigenvalue weighted by molar-refractivity contribution is 5.87. The van der Waals surface area contributed by atoms with Crippen molar-refractivity contribution in [3.05, 3.63) is 71.7 Å². The van der Waals surface area contributed by atoms with Crippen molar-refractivity contribution in [2.24, 2.45) is 0 Å². The van der Waals surface area contributed by atoms with Crippen molar-refractivity contribution in [2.45, 2.75) is 53.1 Å². The van der Waals surface area contributed by atoms with Crippen LogP contribution in [-0.4, -0.2) is 77.7 Å². The van der Waals surface area contributed by atoms with Gasteiger partial charge in [0, 0.05) is 62.8 Å². The summed E-state index contributed by atoms with van der Waals surface area (Å²) in [5, 5.41) is 2.52. The molecule has 0 radical (unpaired) electrons. The van der Waals surface area contributed by atoms with Gasteiger partial charge < -0.3 is 24.6 Å². The predicted octanol–water partition coefficient (Wildman–Crippen LogP) is 4.78. The lowest BCUT2D eigenvalue weighted by molar-refractivity contribution is -0.137. The third-order valence-corrected chi connectivity index (χ3v) is 7.05. The molecule has 2 aromatic heterocycles. The summed E-state index contributed by atoms with van der Waals surface area (Å²) in [6, 6.07) is 10.00. The molecule has 1 saturated heterocycles. The molecule has 0 unspecified atom stereocenters. The molecule has 0 saturated carbocycles. The number of carbonyl (C=O) groups is 3. The summed E-state index contributed by atoms with van der Waals surface area (Å²) in [5.41, 5.74) is 4.18. The summed E-state index contributed by atoms with van der Waals surface area (Å²) in [7, 11) is 0. The number of anilines is 2. The zero-order valence-electron chi connectivity index (χ0n) is 26.7. The van der Waals surface area contributed by atoms with Crippen LogP contribution >= 0.6 is 0 Å². The minimum absolute atomic E-state index is 0.0588. The van der Waals surface area contributed by atoms with Crippen molar-refractivity contribution < 1.29 is 23.9 Å². The Bertz CT molecular complexity index is 1510. The first-order valence-electron chi connectivity index (χ1n) is 15.2. The van der Waals surface area contributed by atoms with Gasteiger partial charge in [-0.15, -0.1) is 0 Å². The number of carbonyl (C=O) groups excluding carboxylic acids is 3. The number of piperazine rings is 1. The Morgan fingerprint density at radius 2 is 1.67 bits per heavy atom. The summed E-state index contributed by atoms with van der Waals surface area (Å²) in [6.07, 6.45) is 8.84. The number of alkyl carbamates (subject to hydrolysis) is 1.